The van der Waals surface area contributed by atoms with Gasteiger partial charge in [0.05, 0.1) is 24.7 Å². The zero-order valence-electron chi connectivity index (χ0n) is 10.7. The highest BCUT2D eigenvalue weighted by Gasteiger charge is 2.35. The van der Waals surface area contributed by atoms with Crippen LogP contribution in [0.2, 0.25) is 0 Å². The Labute approximate surface area is 106 Å². The predicted octanol–water partition coefficient (Wildman–Crippen LogP) is 1.83. The van der Waals surface area contributed by atoms with Crippen LogP contribution in [0.5, 0.6) is 5.75 Å². The normalized spacial score (nSPS) is 22.6. The Hall–Kier alpha value is -1.81. The molecule has 0 saturated heterocycles. The van der Waals surface area contributed by atoms with Crippen LogP contribution >= 0.6 is 0 Å². The number of imidazole rings is 1. The highest BCUT2D eigenvalue weighted by Crippen LogP contribution is 2.33. The summed E-state index contributed by atoms with van der Waals surface area (Å²) < 4.78 is 5.20. The van der Waals surface area contributed by atoms with Gasteiger partial charge in [0.2, 0.25) is 0 Å². The lowest BCUT2D eigenvalue weighted by Crippen LogP contribution is -2.46. The van der Waals surface area contributed by atoms with Crippen molar-refractivity contribution >= 4 is 0 Å². The van der Waals surface area contributed by atoms with Gasteiger partial charge in [0.1, 0.15) is 5.75 Å². The topological polar surface area (TPSA) is 49.9 Å². The van der Waals surface area contributed by atoms with E-state index in [0.717, 1.165) is 24.4 Å². The summed E-state index contributed by atoms with van der Waals surface area (Å²) >= 11 is 0. The van der Waals surface area contributed by atoms with Gasteiger partial charge in [-0.15, -0.1) is 0 Å². The van der Waals surface area contributed by atoms with E-state index in [1.54, 1.807) is 13.4 Å². The fraction of sp³-hybridized carbons (Fsp3) is 0.357. The van der Waals surface area contributed by atoms with Crippen LogP contribution in [0.15, 0.2) is 30.6 Å². The SMILES string of the molecule is COc1ccc(C2(C)NCCc3[nH]cnc32)cc1. The van der Waals surface area contributed by atoms with Crippen LogP contribution in [-0.2, 0) is 12.0 Å². The third-order valence-corrected chi connectivity index (χ3v) is 3.71. The van der Waals surface area contributed by atoms with E-state index in [-0.39, 0.29) is 5.54 Å². The highest BCUT2D eigenvalue weighted by molar-refractivity contribution is 5.40. The Bertz CT molecular complexity index is 546. The summed E-state index contributed by atoms with van der Waals surface area (Å²) in [5, 5.41) is 3.57. The molecule has 0 radical (unpaired) electrons. The van der Waals surface area contributed by atoms with Crippen LogP contribution in [0.1, 0.15) is 23.9 Å². The van der Waals surface area contributed by atoms with Crippen molar-refractivity contribution in [2.75, 3.05) is 13.7 Å². The summed E-state index contributed by atoms with van der Waals surface area (Å²) in [6, 6.07) is 8.16. The number of methoxy groups -OCH3 is 1. The van der Waals surface area contributed by atoms with E-state index >= 15 is 0 Å². The van der Waals surface area contributed by atoms with Crippen molar-refractivity contribution in [3.63, 3.8) is 0 Å². The molecule has 1 aromatic heterocycles. The smallest absolute Gasteiger partial charge is 0.118 e. The highest BCUT2D eigenvalue weighted by atomic mass is 16.5. The zero-order valence-corrected chi connectivity index (χ0v) is 10.7. The second kappa shape index (κ2) is 4.14. The number of benzene rings is 1. The van der Waals surface area contributed by atoms with Crippen LogP contribution in [-0.4, -0.2) is 23.6 Å². The fourth-order valence-electron chi connectivity index (χ4n) is 2.63. The van der Waals surface area contributed by atoms with Gasteiger partial charge in [-0.25, -0.2) is 4.98 Å². The van der Waals surface area contributed by atoms with Gasteiger partial charge in [0.25, 0.3) is 0 Å². The first-order valence-corrected chi connectivity index (χ1v) is 6.16. The molecule has 4 heteroatoms. The van der Waals surface area contributed by atoms with Gasteiger partial charge >= 0.3 is 0 Å². The number of aromatic amines is 1. The van der Waals surface area contributed by atoms with Gasteiger partial charge < -0.3 is 15.0 Å². The zero-order chi connectivity index (χ0) is 12.6. The number of hydrogen-bond acceptors (Lipinski definition) is 3. The minimum Gasteiger partial charge on any atom is -0.497 e. The Morgan fingerprint density at radius 3 is 2.78 bits per heavy atom. The molecule has 94 valence electrons. The molecular formula is C14H17N3O. The summed E-state index contributed by atoms with van der Waals surface area (Å²) in [5.41, 5.74) is 3.31. The maximum Gasteiger partial charge on any atom is 0.118 e. The number of aromatic nitrogens is 2. The number of nitrogens with one attached hydrogen (secondary N) is 2. The number of ether oxygens (including phenoxy) is 1. The first-order chi connectivity index (χ1) is 8.74. The molecule has 0 spiro atoms. The van der Waals surface area contributed by atoms with Crippen molar-refractivity contribution in [1.29, 1.82) is 0 Å². The second-order valence-corrected chi connectivity index (χ2v) is 4.76. The van der Waals surface area contributed by atoms with Gasteiger partial charge in [-0.2, -0.15) is 0 Å². The Morgan fingerprint density at radius 2 is 2.06 bits per heavy atom. The summed E-state index contributed by atoms with van der Waals surface area (Å²) in [7, 11) is 1.68. The molecular weight excluding hydrogens is 226 g/mol. The van der Waals surface area contributed by atoms with Crippen molar-refractivity contribution in [2.24, 2.45) is 0 Å². The number of rotatable bonds is 2. The Kier molecular flexibility index (Phi) is 2.59. The molecule has 0 saturated carbocycles. The van der Waals surface area contributed by atoms with Crippen molar-refractivity contribution in [3.05, 3.63) is 47.5 Å². The molecule has 1 unspecified atom stereocenters. The number of H-pyrrole nitrogens is 1. The van der Waals surface area contributed by atoms with Gasteiger partial charge in [0, 0.05) is 18.7 Å². The molecule has 2 aromatic rings. The summed E-state index contributed by atoms with van der Waals surface area (Å²) in [6.45, 7) is 3.13. The Balaban J connectivity index is 2.05. The molecule has 0 amide bonds. The molecule has 0 bridgehead atoms. The van der Waals surface area contributed by atoms with Crippen molar-refractivity contribution in [1.82, 2.24) is 15.3 Å². The van der Waals surface area contributed by atoms with Crippen molar-refractivity contribution in [3.8, 4) is 5.75 Å². The van der Waals surface area contributed by atoms with E-state index in [0.29, 0.717) is 0 Å². The van der Waals surface area contributed by atoms with Crippen molar-refractivity contribution < 1.29 is 4.74 Å². The molecule has 0 aliphatic carbocycles. The summed E-state index contributed by atoms with van der Waals surface area (Å²) in [4.78, 5) is 7.71. The van der Waals surface area contributed by atoms with E-state index in [9.17, 15) is 0 Å². The maximum absolute atomic E-state index is 5.20. The van der Waals surface area contributed by atoms with Crippen LogP contribution in [0, 0.1) is 0 Å². The minimum absolute atomic E-state index is 0.222. The third-order valence-electron chi connectivity index (χ3n) is 3.71. The molecule has 0 fully saturated rings. The fourth-order valence-corrected chi connectivity index (χ4v) is 2.63. The lowest BCUT2D eigenvalue weighted by molar-refractivity contribution is 0.399. The van der Waals surface area contributed by atoms with E-state index < -0.39 is 0 Å². The molecule has 2 N–H and O–H groups in total. The van der Waals surface area contributed by atoms with E-state index in [4.69, 9.17) is 4.74 Å². The van der Waals surface area contributed by atoms with Crippen LogP contribution in [0.3, 0.4) is 0 Å². The molecule has 2 heterocycles. The predicted molar refractivity (Wildman–Crippen MR) is 69.7 cm³/mol. The van der Waals surface area contributed by atoms with E-state index in [2.05, 4.69) is 34.3 Å². The number of fused-ring (bicyclic) bond motifs is 1. The monoisotopic (exact) mass is 243 g/mol. The molecule has 3 rings (SSSR count). The third kappa shape index (κ3) is 1.61. The van der Waals surface area contributed by atoms with Gasteiger partial charge in [-0.1, -0.05) is 12.1 Å². The molecule has 1 aliphatic rings. The number of hydrogen-bond donors (Lipinski definition) is 2. The lowest BCUT2D eigenvalue weighted by atomic mass is 9.84. The minimum atomic E-state index is -0.222. The largest absolute Gasteiger partial charge is 0.497 e. The quantitative estimate of drug-likeness (QED) is 0.846. The van der Waals surface area contributed by atoms with Gasteiger partial charge in [-0.05, 0) is 24.6 Å². The molecule has 4 nitrogen and oxygen atoms in total. The van der Waals surface area contributed by atoms with Crippen LogP contribution in [0.25, 0.3) is 0 Å². The molecule has 1 atom stereocenters. The molecule has 18 heavy (non-hydrogen) atoms. The molecule has 1 aromatic carbocycles. The van der Waals surface area contributed by atoms with Crippen LogP contribution < -0.4 is 10.1 Å². The summed E-state index contributed by atoms with van der Waals surface area (Å²) in [5.74, 6) is 0.875. The van der Waals surface area contributed by atoms with Crippen molar-refractivity contribution in [2.45, 2.75) is 18.9 Å². The van der Waals surface area contributed by atoms with E-state index in [1.807, 2.05) is 12.1 Å². The second-order valence-electron chi connectivity index (χ2n) is 4.76. The average Bonchev–Trinajstić information content (AvgIpc) is 2.89. The molecule has 1 aliphatic heterocycles. The number of nitrogens with zero attached hydrogens (tertiary/aromatic N) is 1. The lowest BCUT2D eigenvalue weighted by Gasteiger charge is -2.34. The first-order valence-electron chi connectivity index (χ1n) is 6.16. The maximum atomic E-state index is 5.20. The van der Waals surface area contributed by atoms with E-state index in [1.165, 1.54) is 11.3 Å². The van der Waals surface area contributed by atoms with Gasteiger partial charge in [0.15, 0.2) is 0 Å². The van der Waals surface area contributed by atoms with Crippen LogP contribution in [0.4, 0.5) is 0 Å². The average molecular weight is 243 g/mol. The first kappa shape index (κ1) is 11.3. The van der Waals surface area contributed by atoms with Gasteiger partial charge in [-0.3, -0.25) is 0 Å². The Morgan fingerprint density at radius 1 is 1.28 bits per heavy atom. The summed E-state index contributed by atoms with van der Waals surface area (Å²) in [6.07, 6.45) is 2.78. The standard InChI is InChI=1S/C14H17N3O/c1-14(10-3-5-11(18-2)6-4-10)13-12(7-8-17-14)15-9-16-13/h3-6,9,17H,7-8H2,1-2H3,(H,15,16).